The standard InChI is InChI=1S/C20H17NO4/c1-3-12-20(2,19(24)25)13-8-10-14(11-9-13)21-17(22)15-6-4-5-7-16(15)18(21)23/h3-11H,1,12H2,2H3,(H,24,25). The number of hydrogen-bond acceptors (Lipinski definition) is 3. The number of nitrogens with zero attached hydrogens (tertiary/aromatic N) is 1. The van der Waals surface area contributed by atoms with Gasteiger partial charge in [-0.15, -0.1) is 6.58 Å². The van der Waals surface area contributed by atoms with E-state index in [0.29, 0.717) is 22.4 Å². The van der Waals surface area contributed by atoms with Crippen molar-refractivity contribution < 1.29 is 19.5 Å². The molecule has 1 aliphatic rings. The van der Waals surface area contributed by atoms with Crippen LogP contribution in [0.15, 0.2) is 61.2 Å². The van der Waals surface area contributed by atoms with Gasteiger partial charge in [0.25, 0.3) is 11.8 Å². The second kappa shape index (κ2) is 6.02. The van der Waals surface area contributed by atoms with E-state index >= 15 is 0 Å². The van der Waals surface area contributed by atoms with Gasteiger partial charge in [-0.2, -0.15) is 0 Å². The van der Waals surface area contributed by atoms with Gasteiger partial charge in [0.15, 0.2) is 0 Å². The highest BCUT2D eigenvalue weighted by molar-refractivity contribution is 6.34. The Bertz CT molecular complexity index is 850. The van der Waals surface area contributed by atoms with Crippen LogP contribution in [0.25, 0.3) is 0 Å². The van der Waals surface area contributed by atoms with Crippen LogP contribution in [0.3, 0.4) is 0 Å². The van der Waals surface area contributed by atoms with E-state index in [2.05, 4.69) is 6.58 Å². The maximum atomic E-state index is 12.5. The van der Waals surface area contributed by atoms with Gasteiger partial charge in [0.1, 0.15) is 0 Å². The van der Waals surface area contributed by atoms with E-state index in [4.69, 9.17) is 0 Å². The molecule has 126 valence electrons. The molecular weight excluding hydrogens is 318 g/mol. The van der Waals surface area contributed by atoms with Crippen molar-refractivity contribution in [3.05, 3.63) is 77.9 Å². The number of fused-ring (bicyclic) bond motifs is 1. The van der Waals surface area contributed by atoms with Crippen LogP contribution in [0.4, 0.5) is 5.69 Å². The fourth-order valence-corrected chi connectivity index (χ4v) is 3.02. The van der Waals surface area contributed by atoms with Gasteiger partial charge in [0.2, 0.25) is 0 Å². The second-order valence-electron chi connectivity index (χ2n) is 6.17. The third-order valence-corrected chi connectivity index (χ3v) is 4.58. The minimum absolute atomic E-state index is 0.273. The molecule has 0 aromatic heterocycles. The minimum Gasteiger partial charge on any atom is -0.481 e. The third kappa shape index (κ3) is 2.54. The first kappa shape index (κ1) is 16.6. The first-order valence-corrected chi connectivity index (χ1v) is 7.83. The predicted octanol–water partition coefficient (Wildman–Crippen LogP) is 3.41. The van der Waals surface area contributed by atoms with E-state index in [-0.39, 0.29) is 18.2 Å². The third-order valence-electron chi connectivity index (χ3n) is 4.58. The minimum atomic E-state index is -1.11. The lowest BCUT2D eigenvalue weighted by Gasteiger charge is -2.24. The Hall–Kier alpha value is -3.21. The van der Waals surface area contributed by atoms with E-state index in [0.717, 1.165) is 4.90 Å². The lowest BCUT2D eigenvalue weighted by atomic mass is 9.79. The van der Waals surface area contributed by atoms with Crippen LogP contribution in [0.5, 0.6) is 0 Å². The number of rotatable bonds is 5. The molecule has 1 atom stereocenters. The quantitative estimate of drug-likeness (QED) is 0.671. The van der Waals surface area contributed by atoms with E-state index in [1.54, 1.807) is 61.5 Å². The summed E-state index contributed by atoms with van der Waals surface area (Å²) in [5.41, 5.74) is 0.640. The van der Waals surface area contributed by atoms with Gasteiger partial charge in [0.05, 0.1) is 22.2 Å². The van der Waals surface area contributed by atoms with Crippen molar-refractivity contribution in [2.75, 3.05) is 4.90 Å². The molecule has 0 saturated carbocycles. The zero-order chi connectivity index (χ0) is 18.2. The molecule has 0 radical (unpaired) electrons. The monoisotopic (exact) mass is 335 g/mol. The average molecular weight is 335 g/mol. The Kier molecular flexibility index (Phi) is 4.00. The van der Waals surface area contributed by atoms with E-state index < -0.39 is 11.4 Å². The number of allylic oxidation sites excluding steroid dienone is 1. The Morgan fingerprint density at radius 1 is 1.08 bits per heavy atom. The largest absolute Gasteiger partial charge is 0.481 e. The molecule has 0 aliphatic carbocycles. The molecule has 1 aliphatic heterocycles. The SMILES string of the molecule is C=CCC(C)(C(=O)O)c1ccc(N2C(=O)c3ccccc3C2=O)cc1. The fraction of sp³-hybridized carbons (Fsp3) is 0.150. The predicted molar refractivity (Wildman–Crippen MR) is 93.8 cm³/mol. The van der Waals surface area contributed by atoms with Crippen LogP contribution in [0.1, 0.15) is 39.6 Å². The Morgan fingerprint density at radius 3 is 2.04 bits per heavy atom. The maximum absolute atomic E-state index is 12.5. The van der Waals surface area contributed by atoms with Crippen LogP contribution < -0.4 is 4.90 Å². The molecular formula is C20H17NO4. The van der Waals surface area contributed by atoms with Gasteiger partial charge in [-0.25, -0.2) is 4.90 Å². The molecule has 25 heavy (non-hydrogen) atoms. The number of carboxylic acids is 1. The smallest absolute Gasteiger partial charge is 0.314 e. The number of anilines is 1. The number of carbonyl (C=O) groups is 3. The molecule has 1 N–H and O–H groups in total. The highest BCUT2D eigenvalue weighted by Gasteiger charge is 2.37. The first-order chi connectivity index (χ1) is 11.9. The van der Waals surface area contributed by atoms with Crippen molar-refractivity contribution in [3.63, 3.8) is 0 Å². The molecule has 1 heterocycles. The number of imide groups is 1. The van der Waals surface area contributed by atoms with Crippen molar-refractivity contribution in [1.82, 2.24) is 0 Å². The molecule has 5 nitrogen and oxygen atoms in total. The summed E-state index contributed by atoms with van der Waals surface area (Å²) in [5, 5.41) is 9.53. The van der Waals surface area contributed by atoms with Gasteiger partial charge in [-0.05, 0) is 43.2 Å². The number of amides is 2. The summed E-state index contributed by atoms with van der Waals surface area (Å²) in [5.74, 6) is -1.71. The molecule has 0 saturated heterocycles. The van der Waals surface area contributed by atoms with Crippen molar-refractivity contribution in [1.29, 1.82) is 0 Å². The zero-order valence-corrected chi connectivity index (χ0v) is 13.7. The van der Waals surface area contributed by atoms with Crippen molar-refractivity contribution in [3.8, 4) is 0 Å². The first-order valence-electron chi connectivity index (χ1n) is 7.83. The van der Waals surface area contributed by atoms with Crippen LogP contribution in [0, 0.1) is 0 Å². The highest BCUT2D eigenvalue weighted by atomic mass is 16.4. The molecule has 3 rings (SSSR count). The van der Waals surface area contributed by atoms with Crippen LogP contribution >= 0.6 is 0 Å². The molecule has 1 unspecified atom stereocenters. The highest BCUT2D eigenvalue weighted by Crippen LogP contribution is 2.32. The Balaban J connectivity index is 1.97. The van der Waals surface area contributed by atoms with Crippen LogP contribution in [0.2, 0.25) is 0 Å². The number of carboxylic acid groups (broad SMARTS) is 1. The summed E-state index contributed by atoms with van der Waals surface area (Å²) >= 11 is 0. The molecule has 0 bridgehead atoms. The summed E-state index contributed by atoms with van der Waals surface area (Å²) < 4.78 is 0. The van der Waals surface area contributed by atoms with E-state index in [1.807, 2.05) is 0 Å². The van der Waals surface area contributed by atoms with Crippen LogP contribution in [-0.2, 0) is 10.2 Å². The Labute approximate surface area is 145 Å². The molecule has 2 amide bonds. The number of aliphatic carboxylic acids is 1. The van der Waals surface area contributed by atoms with Gasteiger partial charge < -0.3 is 5.11 Å². The lowest BCUT2D eigenvalue weighted by molar-refractivity contribution is -0.143. The summed E-state index contributed by atoms with van der Waals surface area (Å²) in [4.78, 5) is 37.7. The van der Waals surface area contributed by atoms with Crippen molar-refractivity contribution in [2.24, 2.45) is 0 Å². The summed E-state index contributed by atoms with van der Waals surface area (Å²) in [6.07, 6.45) is 1.83. The van der Waals surface area contributed by atoms with Gasteiger partial charge in [0, 0.05) is 0 Å². The lowest BCUT2D eigenvalue weighted by Crippen LogP contribution is -2.32. The summed E-state index contributed by atoms with van der Waals surface area (Å²) in [6.45, 7) is 5.24. The summed E-state index contributed by atoms with van der Waals surface area (Å²) in [7, 11) is 0. The molecule has 5 heteroatoms. The zero-order valence-electron chi connectivity index (χ0n) is 13.7. The molecule has 0 fully saturated rings. The summed E-state index contributed by atoms with van der Waals surface area (Å²) in [6, 6.07) is 13.1. The van der Waals surface area contributed by atoms with E-state index in [1.165, 1.54) is 0 Å². The average Bonchev–Trinajstić information content (AvgIpc) is 2.86. The molecule has 2 aromatic carbocycles. The van der Waals surface area contributed by atoms with Gasteiger partial charge in [-0.3, -0.25) is 14.4 Å². The Morgan fingerprint density at radius 2 is 1.60 bits per heavy atom. The second-order valence-corrected chi connectivity index (χ2v) is 6.17. The van der Waals surface area contributed by atoms with Crippen molar-refractivity contribution >= 4 is 23.5 Å². The van der Waals surface area contributed by atoms with Crippen molar-refractivity contribution in [2.45, 2.75) is 18.8 Å². The van der Waals surface area contributed by atoms with Crippen LogP contribution in [-0.4, -0.2) is 22.9 Å². The topological polar surface area (TPSA) is 74.7 Å². The van der Waals surface area contributed by atoms with Gasteiger partial charge >= 0.3 is 5.97 Å². The number of carbonyl (C=O) groups excluding carboxylic acids is 2. The van der Waals surface area contributed by atoms with Gasteiger partial charge in [-0.1, -0.05) is 30.3 Å². The maximum Gasteiger partial charge on any atom is 0.314 e. The fourth-order valence-electron chi connectivity index (χ4n) is 3.02. The normalized spacial score (nSPS) is 15.6. The van der Waals surface area contributed by atoms with E-state index in [9.17, 15) is 19.5 Å². The molecule has 2 aromatic rings. The number of hydrogen-bond donors (Lipinski definition) is 1. The number of benzene rings is 2. The molecule has 0 spiro atoms.